The Balaban J connectivity index is 1.41. The quantitative estimate of drug-likeness (QED) is 0.455. The average molecular weight is 465 g/mol. The molecule has 1 fully saturated rings. The van der Waals surface area contributed by atoms with E-state index in [1.165, 1.54) is 5.69 Å². The summed E-state index contributed by atoms with van der Waals surface area (Å²) in [6, 6.07) is 26.7. The fourth-order valence-corrected chi connectivity index (χ4v) is 6.32. The molecule has 0 N–H and O–H groups in total. The van der Waals surface area contributed by atoms with Gasteiger partial charge in [0, 0.05) is 31.9 Å². The third kappa shape index (κ3) is 5.75. The van der Waals surface area contributed by atoms with Crippen molar-refractivity contribution < 1.29 is 13.2 Å². The lowest BCUT2D eigenvalue weighted by Crippen LogP contribution is -2.46. The van der Waals surface area contributed by atoms with Crippen molar-refractivity contribution in [1.82, 2.24) is 4.90 Å². The van der Waals surface area contributed by atoms with Crippen LogP contribution in [-0.2, 0) is 9.84 Å². The van der Waals surface area contributed by atoms with E-state index in [2.05, 4.69) is 34.1 Å². The van der Waals surface area contributed by atoms with Gasteiger partial charge in [0.25, 0.3) is 0 Å². The summed E-state index contributed by atoms with van der Waals surface area (Å²) in [6.45, 7) is 4.88. The standard InChI is InChI=1S/C27H32N2O3S/c1-32-25-16-14-23(15-17-25)27(33(30,31)26-11-6-3-7-12-26)13-8-18-28-19-21-29(22-20-28)24-9-4-2-5-10-24/h2-7,9-12,14-17,27H,8,13,18-22H2,1H3. The normalized spacial score (nSPS) is 15.8. The fourth-order valence-electron chi connectivity index (χ4n) is 4.46. The van der Waals surface area contributed by atoms with E-state index in [9.17, 15) is 8.42 Å². The second-order valence-electron chi connectivity index (χ2n) is 8.43. The summed E-state index contributed by atoms with van der Waals surface area (Å²) in [5, 5.41) is -0.573. The number of anilines is 1. The number of para-hydroxylation sites is 1. The molecule has 4 rings (SSSR count). The van der Waals surface area contributed by atoms with Crippen LogP contribution in [0.15, 0.2) is 89.8 Å². The van der Waals surface area contributed by atoms with Crippen LogP contribution in [0.25, 0.3) is 0 Å². The maximum absolute atomic E-state index is 13.5. The number of nitrogens with zero attached hydrogens (tertiary/aromatic N) is 2. The Morgan fingerprint density at radius 1 is 0.818 bits per heavy atom. The van der Waals surface area contributed by atoms with Gasteiger partial charge in [-0.1, -0.05) is 48.5 Å². The Kier molecular flexibility index (Phi) is 7.68. The molecule has 0 spiro atoms. The second kappa shape index (κ2) is 10.9. The summed E-state index contributed by atoms with van der Waals surface area (Å²) >= 11 is 0. The molecule has 174 valence electrons. The first kappa shape index (κ1) is 23.3. The first-order valence-corrected chi connectivity index (χ1v) is 13.1. The minimum absolute atomic E-state index is 0.377. The Labute approximate surface area is 197 Å². The predicted octanol–water partition coefficient (Wildman–Crippen LogP) is 4.81. The first-order valence-electron chi connectivity index (χ1n) is 11.5. The maximum Gasteiger partial charge on any atom is 0.185 e. The zero-order valence-corrected chi connectivity index (χ0v) is 20.0. The fraction of sp³-hybridized carbons (Fsp3) is 0.333. The van der Waals surface area contributed by atoms with E-state index < -0.39 is 15.1 Å². The van der Waals surface area contributed by atoms with E-state index in [1.54, 1.807) is 31.4 Å². The monoisotopic (exact) mass is 464 g/mol. The molecule has 6 heteroatoms. The van der Waals surface area contributed by atoms with E-state index in [-0.39, 0.29) is 0 Å². The highest BCUT2D eigenvalue weighted by molar-refractivity contribution is 7.91. The lowest BCUT2D eigenvalue weighted by molar-refractivity contribution is 0.252. The van der Waals surface area contributed by atoms with Crippen molar-refractivity contribution in [1.29, 1.82) is 0 Å². The minimum atomic E-state index is -3.49. The summed E-state index contributed by atoms with van der Waals surface area (Å²) < 4.78 is 32.3. The Morgan fingerprint density at radius 2 is 1.42 bits per heavy atom. The molecule has 33 heavy (non-hydrogen) atoms. The molecule has 1 saturated heterocycles. The predicted molar refractivity (Wildman–Crippen MR) is 134 cm³/mol. The van der Waals surface area contributed by atoms with Crippen LogP contribution in [0, 0.1) is 0 Å². The average Bonchev–Trinajstić information content (AvgIpc) is 2.88. The first-order chi connectivity index (χ1) is 16.1. The van der Waals surface area contributed by atoms with Crippen LogP contribution in [-0.4, -0.2) is 53.2 Å². The third-order valence-electron chi connectivity index (χ3n) is 6.37. The number of benzene rings is 3. The molecule has 1 aliphatic rings. The van der Waals surface area contributed by atoms with E-state index in [0.717, 1.165) is 50.5 Å². The van der Waals surface area contributed by atoms with Gasteiger partial charge in [0.05, 0.1) is 17.3 Å². The zero-order valence-electron chi connectivity index (χ0n) is 19.1. The number of piperazine rings is 1. The highest BCUT2D eigenvalue weighted by Crippen LogP contribution is 2.34. The maximum atomic E-state index is 13.5. The third-order valence-corrected chi connectivity index (χ3v) is 8.55. The number of hydrogen-bond acceptors (Lipinski definition) is 5. The molecule has 5 nitrogen and oxygen atoms in total. The van der Waals surface area contributed by atoms with Crippen molar-refractivity contribution in [2.75, 3.05) is 44.7 Å². The molecule has 0 aromatic heterocycles. The second-order valence-corrected chi connectivity index (χ2v) is 10.6. The van der Waals surface area contributed by atoms with Crippen molar-refractivity contribution in [2.45, 2.75) is 23.0 Å². The smallest absolute Gasteiger partial charge is 0.185 e. The van der Waals surface area contributed by atoms with Gasteiger partial charge in [-0.2, -0.15) is 0 Å². The minimum Gasteiger partial charge on any atom is -0.497 e. The van der Waals surface area contributed by atoms with E-state index in [1.807, 2.05) is 36.4 Å². The molecule has 0 amide bonds. The lowest BCUT2D eigenvalue weighted by Gasteiger charge is -2.36. The summed E-state index contributed by atoms with van der Waals surface area (Å²) in [5.41, 5.74) is 2.08. The van der Waals surface area contributed by atoms with Crippen molar-refractivity contribution in [3.05, 3.63) is 90.5 Å². The van der Waals surface area contributed by atoms with Gasteiger partial charge in [-0.25, -0.2) is 8.42 Å². The lowest BCUT2D eigenvalue weighted by atomic mass is 10.1. The summed E-state index contributed by atoms with van der Waals surface area (Å²) in [7, 11) is -1.87. The molecule has 0 bridgehead atoms. The number of ether oxygens (including phenoxy) is 1. The highest BCUT2D eigenvalue weighted by atomic mass is 32.2. The van der Waals surface area contributed by atoms with Gasteiger partial charge in [0.1, 0.15) is 5.75 Å². The van der Waals surface area contributed by atoms with Crippen molar-refractivity contribution in [3.63, 3.8) is 0 Å². The molecule has 0 radical (unpaired) electrons. The largest absolute Gasteiger partial charge is 0.497 e. The number of sulfone groups is 1. The van der Waals surface area contributed by atoms with Crippen LogP contribution in [0.5, 0.6) is 5.75 Å². The van der Waals surface area contributed by atoms with Crippen molar-refractivity contribution in [2.24, 2.45) is 0 Å². The van der Waals surface area contributed by atoms with Crippen LogP contribution < -0.4 is 9.64 Å². The van der Waals surface area contributed by atoms with Gasteiger partial charge in [-0.15, -0.1) is 0 Å². The van der Waals surface area contributed by atoms with Gasteiger partial charge < -0.3 is 9.64 Å². The number of rotatable bonds is 9. The van der Waals surface area contributed by atoms with Gasteiger partial charge in [-0.3, -0.25) is 4.90 Å². The molecule has 3 aromatic carbocycles. The summed E-state index contributed by atoms with van der Waals surface area (Å²) in [6.07, 6.45) is 1.41. The van der Waals surface area contributed by atoms with Crippen LogP contribution in [0.3, 0.4) is 0 Å². The van der Waals surface area contributed by atoms with E-state index in [4.69, 9.17) is 4.74 Å². The van der Waals surface area contributed by atoms with Crippen molar-refractivity contribution in [3.8, 4) is 5.75 Å². The number of hydrogen-bond donors (Lipinski definition) is 0. The van der Waals surface area contributed by atoms with Crippen LogP contribution >= 0.6 is 0 Å². The topological polar surface area (TPSA) is 49.9 Å². The Hall–Kier alpha value is -2.83. The van der Waals surface area contributed by atoms with Crippen molar-refractivity contribution >= 4 is 15.5 Å². The summed E-state index contributed by atoms with van der Waals surface area (Å²) in [5.74, 6) is 0.728. The Bertz CT molecular complexity index is 1100. The highest BCUT2D eigenvalue weighted by Gasteiger charge is 2.29. The Morgan fingerprint density at radius 3 is 2.03 bits per heavy atom. The molecule has 1 atom stereocenters. The van der Waals surface area contributed by atoms with Gasteiger partial charge in [-0.05, 0) is 61.3 Å². The van der Waals surface area contributed by atoms with Gasteiger partial charge in [0.15, 0.2) is 9.84 Å². The zero-order chi connectivity index (χ0) is 23.1. The van der Waals surface area contributed by atoms with Crippen LogP contribution in [0.1, 0.15) is 23.7 Å². The SMILES string of the molecule is COc1ccc(C(CCCN2CCN(c3ccccc3)CC2)S(=O)(=O)c2ccccc2)cc1. The molecule has 1 unspecified atom stereocenters. The van der Waals surface area contributed by atoms with Crippen LogP contribution in [0.4, 0.5) is 5.69 Å². The molecule has 0 aliphatic carbocycles. The molecule has 1 aliphatic heterocycles. The van der Waals surface area contributed by atoms with E-state index in [0.29, 0.717) is 11.3 Å². The molecule has 1 heterocycles. The molecule has 3 aromatic rings. The molecular formula is C27H32N2O3S. The molecular weight excluding hydrogens is 432 g/mol. The molecule has 0 saturated carbocycles. The van der Waals surface area contributed by atoms with Gasteiger partial charge >= 0.3 is 0 Å². The number of methoxy groups -OCH3 is 1. The van der Waals surface area contributed by atoms with Crippen LogP contribution in [0.2, 0.25) is 0 Å². The van der Waals surface area contributed by atoms with E-state index >= 15 is 0 Å². The summed E-state index contributed by atoms with van der Waals surface area (Å²) in [4.78, 5) is 5.23. The van der Waals surface area contributed by atoms with Gasteiger partial charge in [0.2, 0.25) is 0 Å².